The number of hydrogen-bond acceptors (Lipinski definition) is 8. The van der Waals surface area contributed by atoms with Gasteiger partial charge in [-0.1, -0.05) is 0 Å². The van der Waals surface area contributed by atoms with Crippen molar-refractivity contribution in [3.8, 4) is 0 Å². The van der Waals surface area contributed by atoms with Crippen molar-refractivity contribution in [3.05, 3.63) is 0 Å². The second-order valence-electron chi connectivity index (χ2n) is 7.34. The molecule has 0 aliphatic carbocycles. The molecule has 26 heavy (non-hydrogen) atoms. The minimum absolute atomic E-state index is 0.294. The van der Waals surface area contributed by atoms with E-state index in [-0.39, 0.29) is 0 Å². The number of nitrogens with two attached hydrogens (primary N) is 2. The number of nitrogens with zero attached hydrogens (tertiary/aromatic N) is 2. The fourth-order valence-electron chi connectivity index (χ4n) is 3.62. The Bertz CT molecular complexity index is 393. The maximum atomic E-state index is 11.8. The van der Waals surface area contributed by atoms with E-state index in [0.29, 0.717) is 38.1 Å². The molecule has 0 saturated carbocycles. The smallest absolute Gasteiger partial charge is 0.417 e. The highest BCUT2D eigenvalue weighted by molar-refractivity contribution is 6.29. The molecule has 2 rings (SSSR count). The van der Waals surface area contributed by atoms with Crippen LogP contribution >= 0.6 is 0 Å². The SMILES string of the molecule is NCCN1CCC(COC(=O)C(=O)OCC2CCN(CCN)CC2)CC1. The Morgan fingerprint density at radius 1 is 0.731 bits per heavy atom. The monoisotopic (exact) mass is 370 g/mol. The van der Waals surface area contributed by atoms with Crippen LogP contribution in [-0.4, -0.2) is 87.3 Å². The molecule has 0 bridgehead atoms. The Hall–Kier alpha value is -1.22. The molecule has 8 nitrogen and oxygen atoms in total. The van der Waals surface area contributed by atoms with Gasteiger partial charge in [-0.2, -0.15) is 0 Å². The molecular formula is C18H34N4O4. The standard InChI is InChI=1S/C18H34N4O4/c19-5-11-21-7-1-15(2-8-21)13-25-17(23)18(24)26-14-16-3-9-22(10-4-16)12-6-20/h15-16H,1-14,19-20H2. The molecule has 0 spiro atoms. The van der Waals surface area contributed by atoms with Crippen molar-refractivity contribution in [2.75, 3.05) is 65.6 Å². The summed E-state index contributed by atoms with van der Waals surface area (Å²) in [7, 11) is 0. The Labute approximate surface area is 156 Å². The summed E-state index contributed by atoms with van der Waals surface area (Å²) in [5, 5.41) is 0. The van der Waals surface area contributed by atoms with E-state index in [1.165, 1.54) is 0 Å². The lowest BCUT2D eigenvalue weighted by molar-refractivity contribution is -0.169. The van der Waals surface area contributed by atoms with Crippen LogP contribution < -0.4 is 11.5 Å². The first-order chi connectivity index (χ1) is 12.6. The summed E-state index contributed by atoms with van der Waals surface area (Å²) < 4.78 is 10.3. The highest BCUT2D eigenvalue weighted by atomic mass is 16.6. The van der Waals surface area contributed by atoms with Gasteiger partial charge in [0.2, 0.25) is 0 Å². The number of hydrogen-bond donors (Lipinski definition) is 2. The first-order valence-corrected chi connectivity index (χ1v) is 9.81. The van der Waals surface area contributed by atoms with Gasteiger partial charge in [-0.3, -0.25) is 0 Å². The van der Waals surface area contributed by atoms with E-state index < -0.39 is 11.9 Å². The predicted octanol–water partition coefficient (Wildman–Crippen LogP) is -0.586. The zero-order valence-electron chi connectivity index (χ0n) is 15.7. The molecule has 4 N–H and O–H groups in total. The highest BCUT2D eigenvalue weighted by Crippen LogP contribution is 2.18. The fourth-order valence-corrected chi connectivity index (χ4v) is 3.62. The van der Waals surface area contributed by atoms with Crippen molar-refractivity contribution < 1.29 is 19.1 Å². The molecule has 2 fully saturated rings. The maximum absolute atomic E-state index is 11.8. The summed E-state index contributed by atoms with van der Waals surface area (Å²) in [6.07, 6.45) is 3.85. The van der Waals surface area contributed by atoms with Crippen LogP contribution in [0.3, 0.4) is 0 Å². The van der Waals surface area contributed by atoms with Gasteiger partial charge in [0.15, 0.2) is 0 Å². The third kappa shape index (κ3) is 7.19. The van der Waals surface area contributed by atoms with Crippen LogP contribution in [0.2, 0.25) is 0 Å². The summed E-state index contributed by atoms with van der Waals surface area (Å²) in [6.45, 7) is 7.59. The number of carbonyl (C=O) groups is 2. The van der Waals surface area contributed by atoms with Gasteiger partial charge in [0.1, 0.15) is 0 Å². The van der Waals surface area contributed by atoms with E-state index in [1.54, 1.807) is 0 Å². The summed E-state index contributed by atoms with van der Waals surface area (Å²) in [4.78, 5) is 28.3. The number of piperidine rings is 2. The van der Waals surface area contributed by atoms with Crippen LogP contribution in [0.4, 0.5) is 0 Å². The number of esters is 2. The second-order valence-corrected chi connectivity index (χ2v) is 7.34. The summed E-state index contributed by atoms with van der Waals surface area (Å²) in [5.74, 6) is -1.11. The number of rotatable bonds is 8. The molecule has 0 atom stereocenters. The van der Waals surface area contributed by atoms with Crippen molar-refractivity contribution in [1.82, 2.24) is 9.80 Å². The third-order valence-electron chi connectivity index (χ3n) is 5.37. The topological polar surface area (TPSA) is 111 Å². The fraction of sp³-hybridized carbons (Fsp3) is 0.889. The van der Waals surface area contributed by atoms with Crippen molar-refractivity contribution >= 4 is 11.9 Å². The van der Waals surface area contributed by atoms with Gasteiger partial charge < -0.3 is 30.7 Å². The third-order valence-corrected chi connectivity index (χ3v) is 5.37. The molecule has 2 aliphatic heterocycles. The van der Waals surface area contributed by atoms with E-state index >= 15 is 0 Å². The van der Waals surface area contributed by atoms with Gasteiger partial charge in [-0.25, -0.2) is 9.59 Å². The minimum Gasteiger partial charge on any atom is -0.457 e. The normalized spacial score (nSPS) is 20.8. The van der Waals surface area contributed by atoms with E-state index in [9.17, 15) is 9.59 Å². The number of ether oxygens (including phenoxy) is 2. The van der Waals surface area contributed by atoms with E-state index in [0.717, 1.165) is 65.0 Å². The van der Waals surface area contributed by atoms with Crippen molar-refractivity contribution in [2.45, 2.75) is 25.7 Å². The van der Waals surface area contributed by atoms with E-state index in [2.05, 4.69) is 9.80 Å². The first kappa shape index (κ1) is 21.1. The van der Waals surface area contributed by atoms with Crippen LogP contribution in [-0.2, 0) is 19.1 Å². The van der Waals surface area contributed by atoms with Gasteiger partial charge >= 0.3 is 11.9 Å². The molecular weight excluding hydrogens is 336 g/mol. The van der Waals surface area contributed by atoms with Gasteiger partial charge in [-0.05, 0) is 63.7 Å². The van der Waals surface area contributed by atoms with Crippen LogP contribution in [0, 0.1) is 11.8 Å². The Kier molecular flexibility index (Phi) is 9.31. The zero-order chi connectivity index (χ0) is 18.8. The largest absolute Gasteiger partial charge is 0.457 e. The molecule has 2 heterocycles. The predicted molar refractivity (Wildman–Crippen MR) is 98.4 cm³/mol. The molecule has 2 aliphatic rings. The Balaban J connectivity index is 1.56. The molecule has 0 aromatic heterocycles. The molecule has 2 saturated heterocycles. The molecule has 0 radical (unpaired) electrons. The lowest BCUT2D eigenvalue weighted by Gasteiger charge is -2.31. The molecule has 0 amide bonds. The first-order valence-electron chi connectivity index (χ1n) is 9.81. The van der Waals surface area contributed by atoms with Crippen LogP contribution in [0.15, 0.2) is 0 Å². The summed E-state index contributed by atoms with van der Waals surface area (Å²) >= 11 is 0. The number of likely N-dealkylation sites (tertiary alicyclic amines) is 2. The lowest BCUT2D eigenvalue weighted by atomic mass is 9.98. The second kappa shape index (κ2) is 11.5. The summed E-state index contributed by atoms with van der Waals surface area (Å²) in [6, 6.07) is 0. The molecule has 150 valence electrons. The van der Waals surface area contributed by atoms with Crippen LogP contribution in [0.5, 0.6) is 0 Å². The van der Waals surface area contributed by atoms with Gasteiger partial charge in [0, 0.05) is 26.2 Å². The highest BCUT2D eigenvalue weighted by Gasteiger charge is 2.25. The average Bonchev–Trinajstić information content (AvgIpc) is 2.67. The lowest BCUT2D eigenvalue weighted by Crippen LogP contribution is -2.39. The van der Waals surface area contributed by atoms with Gasteiger partial charge in [0.05, 0.1) is 13.2 Å². The van der Waals surface area contributed by atoms with Crippen molar-refractivity contribution in [1.29, 1.82) is 0 Å². The van der Waals surface area contributed by atoms with E-state index in [1.807, 2.05) is 0 Å². The molecule has 8 heteroatoms. The van der Waals surface area contributed by atoms with Crippen molar-refractivity contribution in [3.63, 3.8) is 0 Å². The van der Waals surface area contributed by atoms with Crippen LogP contribution in [0.25, 0.3) is 0 Å². The molecule has 0 unspecified atom stereocenters. The Morgan fingerprint density at radius 2 is 1.08 bits per heavy atom. The Morgan fingerprint density at radius 3 is 1.38 bits per heavy atom. The van der Waals surface area contributed by atoms with Crippen molar-refractivity contribution in [2.24, 2.45) is 23.3 Å². The molecule has 0 aromatic carbocycles. The van der Waals surface area contributed by atoms with Gasteiger partial charge in [-0.15, -0.1) is 0 Å². The zero-order valence-corrected chi connectivity index (χ0v) is 15.7. The average molecular weight is 370 g/mol. The minimum atomic E-state index is -0.866. The number of carbonyl (C=O) groups excluding carboxylic acids is 2. The van der Waals surface area contributed by atoms with Crippen LogP contribution in [0.1, 0.15) is 25.7 Å². The molecule has 0 aromatic rings. The maximum Gasteiger partial charge on any atom is 0.417 e. The van der Waals surface area contributed by atoms with E-state index in [4.69, 9.17) is 20.9 Å². The van der Waals surface area contributed by atoms with Gasteiger partial charge in [0.25, 0.3) is 0 Å². The summed E-state index contributed by atoms with van der Waals surface area (Å²) in [5.41, 5.74) is 11.1. The quantitative estimate of drug-likeness (QED) is 0.431.